The smallest absolute Gasteiger partial charge is 0.0964 e. The Morgan fingerprint density at radius 1 is 1.12 bits per heavy atom. The lowest BCUT2D eigenvalue weighted by Crippen LogP contribution is -2.59. The minimum absolute atomic E-state index is 0.0627. The average molecular weight is 238 g/mol. The van der Waals surface area contributed by atoms with Crippen LogP contribution in [-0.4, -0.2) is 21.9 Å². The number of hydrogen-bond acceptors (Lipinski definition) is 2. The van der Waals surface area contributed by atoms with Crippen molar-refractivity contribution in [2.24, 2.45) is 17.8 Å². The van der Waals surface area contributed by atoms with E-state index in [2.05, 4.69) is 27.7 Å². The summed E-state index contributed by atoms with van der Waals surface area (Å²) < 4.78 is 6.40. The third kappa shape index (κ3) is 1.40. The van der Waals surface area contributed by atoms with Gasteiger partial charge in [-0.05, 0) is 70.6 Å². The first-order valence-corrected chi connectivity index (χ1v) is 7.21. The largest absolute Gasteiger partial charge is 0.387 e. The van der Waals surface area contributed by atoms with Crippen molar-refractivity contribution in [3.05, 3.63) is 0 Å². The van der Waals surface area contributed by atoms with Crippen molar-refractivity contribution in [1.82, 2.24) is 0 Å². The van der Waals surface area contributed by atoms with Crippen LogP contribution in [0, 0.1) is 17.8 Å². The Kier molecular flexibility index (Phi) is 2.30. The van der Waals surface area contributed by atoms with Crippen molar-refractivity contribution in [1.29, 1.82) is 0 Å². The van der Waals surface area contributed by atoms with E-state index in [4.69, 9.17) is 4.74 Å². The quantitative estimate of drug-likeness (QED) is 0.702. The minimum Gasteiger partial charge on any atom is -0.387 e. The lowest BCUT2D eigenvalue weighted by Gasteiger charge is -2.50. The summed E-state index contributed by atoms with van der Waals surface area (Å²) in [6.07, 6.45) is 5.49. The van der Waals surface area contributed by atoms with Gasteiger partial charge in [0, 0.05) is 0 Å². The molecule has 2 aliphatic heterocycles. The molecule has 2 heterocycles. The minimum atomic E-state index is -0.574. The Morgan fingerprint density at radius 2 is 1.82 bits per heavy atom. The topological polar surface area (TPSA) is 29.5 Å². The molecule has 0 aromatic rings. The van der Waals surface area contributed by atoms with Crippen LogP contribution in [0.15, 0.2) is 0 Å². The fourth-order valence-corrected chi connectivity index (χ4v) is 4.91. The maximum absolute atomic E-state index is 11.2. The van der Waals surface area contributed by atoms with Crippen LogP contribution in [0.3, 0.4) is 0 Å². The summed E-state index contributed by atoms with van der Waals surface area (Å²) in [5, 5.41) is 11.2. The van der Waals surface area contributed by atoms with Gasteiger partial charge < -0.3 is 9.84 Å². The van der Waals surface area contributed by atoms with E-state index < -0.39 is 5.60 Å². The van der Waals surface area contributed by atoms with E-state index in [9.17, 15) is 5.11 Å². The fourth-order valence-electron chi connectivity index (χ4n) is 4.91. The lowest BCUT2D eigenvalue weighted by molar-refractivity contribution is -0.249. The number of ether oxygens (including phenoxy) is 1. The third-order valence-electron chi connectivity index (χ3n) is 6.18. The molecular weight excluding hydrogens is 212 g/mol. The van der Waals surface area contributed by atoms with Gasteiger partial charge in [-0.3, -0.25) is 0 Å². The van der Waals surface area contributed by atoms with Gasteiger partial charge in [-0.25, -0.2) is 0 Å². The van der Waals surface area contributed by atoms with Crippen LogP contribution in [0.5, 0.6) is 0 Å². The molecule has 98 valence electrons. The maximum atomic E-state index is 11.2. The van der Waals surface area contributed by atoms with Gasteiger partial charge in [0.2, 0.25) is 0 Å². The van der Waals surface area contributed by atoms with Crippen molar-refractivity contribution in [2.75, 3.05) is 0 Å². The molecule has 0 spiro atoms. The number of fused-ring (bicyclic) bond motifs is 2. The van der Waals surface area contributed by atoms with E-state index in [1.165, 1.54) is 6.42 Å². The first kappa shape index (κ1) is 12.0. The monoisotopic (exact) mass is 238 g/mol. The predicted octanol–water partition coefficient (Wildman–Crippen LogP) is 3.13. The van der Waals surface area contributed by atoms with E-state index >= 15 is 0 Å². The van der Waals surface area contributed by atoms with E-state index in [-0.39, 0.29) is 11.2 Å². The molecule has 4 aliphatic rings. The zero-order chi connectivity index (χ0) is 12.5. The van der Waals surface area contributed by atoms with Crippen molar-refractivity contribution >= 4 is 0 Å². The van der Waals surface area contributed by atoms with E-state index in [0.717, 1.165) is 25.7 Å². The van der Waals surface area contributed by atoms with Crippen LogP contribution in [-0.2, 0) is 4.74 Å². The zero-order valence-electron chi connectivity index (χ0n) is 11.6. The SMILES string of the molecule is CC1CCC2(O)C1CC1CCC2(C)OC1(C)C. The highest BCUT2D eigenvalue weighted by Gasteiger charge is 2.64. The molecule has 5 unspecified atom stereocenters. The molecule has 4 fully saturated rings. The molecule has 0 amide bonds. The van der Waals surface area contributed by atoms with Crippen LogP contribution < -0.4 is 0 Å². The normalized spacial score (nSPS) is 56.6. The molecule has 0 radical (unpaired) electrons. The highest BCUT2D eigenvalue weighted by molar-refractivity contribution is 5.14. The van der Waals surface area contributed by atoms with Gasteiger partial charge in [0.25, 0.3) is 0 Å². The van der Waals surface area contributed by atoms with Crippen molar-refractivity contribution in [3.8, 4) is 0 Å². The molecule has 2 bridgehead atoms. The molecule has 1 N–H and O–H groups in total. The second-order valence-corrected chi connectivity index (χ2v) is 7.45. The Balaban J connectivity index is 2.07. The second kappa shape index (κ2) is 3.27. The molecule has 2 saturated heterocycles. The van der Waals surface area contributed by atoms with E-state index in [0.29, 0.717) is 17.8 Å². The van der Waals surface area contributed by atoms with Gasteiger partial charge in [-0.15, -0.1) is 0 Å². The molecule has 2 saturated carbocycles. The van der Waals surface area contributed by atoms with Gasteiger partial charge >= 0.3 is 0 Å². The molecule has 2 nitrogen and oxygen atoms in total. The summed E-state index contributed by atoms with van der Waals surface area (Å²) in [7, 11) is 0. The summed E-state index contributed by atoms with van der Waals surface area (Å²) >= 11 is 0. The molecule has 0 aromatic carbocycles. The Hall–Kier alpha value is -0.0800. The zero-order valence-corrected chi connectivity index (χ0v) is 11.6. The molecule has 2 aliphatic carbocycles. The summed E-state index contributed by atoms with van der Waals surface area (Å²) in [5.41, 5.74) is -0.958. The Labute approximate surface area is 105 Å². The highest BCUT2D eigenvalue weighted by atomic mass is 16.5. The standard InChI is InChI=1S/C15H26O2/c1-10-5-8-15(16)12(10)9-11-6-7-14(15,4)17-13(11,2)3/h10-12,16H,5-9H2,1-4H3. The lowest BCUT2D eigenvalue weighted by atomic mass is 9.74. The maximum Gasteiger partial charge on any atom is 0.0964 e. The van der Waals surface area contributed by atoms with Gasteiger partial charge in [0.15, 0.2) is 0 Å². The molecule has 0 aromatic heterocycles. The third-order valence-corrected chi connectivity index (χ3v) is 6.18. The molecule has 4 rings (SSSR count). The van der Waals surface area contributed by atoms with E-state index in [1.54, 1.807) is 0 Å². The van der Waals surface area contributed by atoms with Gasteiger partial charge in [0.05, 0.1) is 16.8 Å². The number of aliphatic hydroxyl groups is 1. The Morgan fingerprint density at radius 3 is 2.47 bits per heavy atom. The van der Waals surface area contributed by atoms with Crippen LogP contribution in [0.1, 0.15) is 59.8 Å². The summed E-state index contributed by atoms with van der Waals surface area (Å²) in [6, 6.07) is 0. The van der Waals surface area contributed by atoms with Crippen LogP contribution in [0.4, 0.5) is 0 Å². The summed E-state index contributed by atoms with van der Waals surface area (Å²) in [4.78, 5) is 0. The number of hydrogen-bond donors (Lipinski definition) is 1. The van der Waals surface area contributed by atoms with Crippen molar-refractivity contribution in [3.63, 3.8) is 0 Å². The molecule has 17 heavy (non-hydrogen) atoms. The summed E-state index contributed by atoms with van der Waals surface area (Å²) in [6.45, 7) is 8.89. The van der Waals surface area contributed by atoms with Crippen LogP contribution >= 0.6 is 0 Å². The van der Waals surface area contributed by atoms with Gasteiger partial charge in [0.1, 0.15) is 0 Å². The fraction of sp³-hybridized carbons (Fsp3) is 1.00. The first-order chi connectivity index (χ1) is 7.79. The molecule has 2 heteroatoms. The van der Waals surface area contributed by atoms with Crippen LogP contribution in [0.2, 0.25) is 0 Å². The Bertz CT molecular complexity index is 338. The highest BCUT2D eigenvalue weighted by Crippen LogP contribution is 2.60. The van der Waals surface area contributed by atoms with Gasteiger partial charge in [-0.1, -0.05) is 6.92 Å². The van der Waals surface area contributed by atoms with Crippen molar-refractivity contribution in [2.45, 2.75) is 76.6 Å². The predicted molar refractivity (Wildman–Crippen MR) is 67.7 cm³/mol. The second-order valence-electron chi connectivity index (χ2n) is 7.45. The number of rotatable bonds is 0. The van der Waals surface area contributed by atoms with Crippen molar-refractivity contribution < 1.29 is 9.84 Å². The van der Waals surface area contributed by atoms with Gasteiger partial charge in [-0.2, -0.15) is 0 Å². The van der Waals surface area contributed by atoms with Crippen LogP contribution in [0.25, 0.3) is 0 Å². The summed E-state index contributed by atoms with van der Waals surface area (Å²) in [5.74, 6) is 1.72. The van der Waals surface area contributed by atoms with E-state index in [1.807, 2.05) is 0 Å². The molecular formula is C15H26O2. The first-order valence-electron chi connectivity index (χ1n) is 7.21. The average Bonchev–Trinajstić information content (AvgIpc) is 2.41. The molecule has 5 atom stereocenters.